The first-order valence-electron chi connectivity index (χ1n) is 5.55. The summed E-state index contributed by atoms with van der Waals surface area (Å²) in [4.78, 5) is 4.35. The normalized spacial score (nSPS) is 18.3. The lowest BCUT2D eigenvalue weighted by Gasteiger charge is -2.20. The average molecular weight is 190 g/mol. The van der Waals surface area contributed by atoms with Crippen LogP contribution in [0.3, 0.4) is 0 Å². The number of aromatic nitrogens is 1. The van der Waals surface area contributed by atoms with Gasteiger partial charge in [0.25, 0.3) is 0 Å². The maximum atomic E-state index is 5.60. The van der Waals surface area contributed by atoms with Gasteiger partial charge in [-0.15, -0.1) is 0 Å². The Morgan fingerprint density at radius 2 is 2.00 bits per heavy atom. The van der Waals surface area contributed by atoms with Gasteiger partial charge in [0.15, 0.2) is 0 Å². The molecule has 0 amide bonds. The highest BCUT2D eigenvalue weighted by atomic mass is 14.7. The van der Waals surface area contributed by atoms with Crippen LogP contribution in [0.2, 0.25) is 0 Å². The lowest BCUT2D eigenvalue weighted by Crippen LogP contribution is -2.10. The number of anilines is 1. The van der Waals surface area contributed by atoms with Crippen molar-refractivity contribution in [3.63, 3.8) is 0 Å². The topological polar surface area (TPSA) is 38.9 Å². The Labute approximate surface area is 85.5 Å². The minimum Gasteiger partial charge on any atom is -0.397 e. The number of nitrogens with zero attached hydrogens (tertiary/aromatic N) is 1. The van der Waals surface area contributed by atoms with Crippen molar-refractivity contribution in [3.05, 3.63) is 24.0 Å². The van der Waals surface area contributed by atoms with E-state index < -0.39 is 0 Å². The van der Waals surface area contributed by atoms with Gasteiger partial charge in [0.05, 0.1) is 11.9 Å². The molecule has 1 saturated carbocycles. The molecule has 0 bridgehead atoms. The van der Waals surface area contributed by atoms with Crippen molar-refractivity contribution in [2.45, 2.75) is 38.5 Å². The van der Waals surface area contributed by atoms with E-state index in [1.54, 1.807) is 6.20 Å². The van der Waals surface area contributed by atoms with Crippen LogP contribution in [0.25, 0.3) is 0 Å². The molecule has 1 aliphatic rings. The fourth-order valence-corrected chi connectivity index (χ4v) is 2.24. The van der Waals surface area contributed by atoms with Crippen molar-refractivity contribution in [2.75, 3.05) is 5.73 Å². The maximum absolute atomic E-state index is 5.60. The second-order valence-electron chi connectivity index (χ2n) is 4.29. The van der Waals surface area contributed by atoms with Gasteiger partial charge >= 0.3 is 0 Å². The number of hydrogen-bond acceptors (Lipinski definition) is 2. The van der Waals surface area contributed by atoms with Crippen molar-refractivity contribution in [1.29, 1.82) is 0 Å². The summed E-state index contributed by atoms with van der Waals surface area (Å²) in [6.45, 7) is 0. The Morgan fingerprint density at radius 1 is 1.21 bits per heavy atom. The quantitative estimate of drug-likeness (QED) is 0.778. The zero-order valence-electron chi connectivity index (χ0n) is 8.58. The standard InChI is InChI=1S/C12H18N2/c13-11-6-7-12(14-9-11)8-10-4-2-1-3-5-10/h6-7,9-10H,1-5,8,13H2. The summed E-state index contributed by atoms with van der Waals surface area (Å²) in [5.74, 6) is 0.861. The molecule has 1 heterocycles. The molecule has 2 heteroatoms. The SMILES string of the molecule is Nc1ccc(CC2CCCCC2)nc1. The molecule has 2 N–H and O–H groups in total. The van der Waals surface area contributed by atoms with Gasteiger partial charge in [0, 0.05) is 5.69 Å². The second kappa shape index (κ2) is 4.45. The Hall–Kier alpha value is -1.05. The monoisotopic (exact) mass is 190 g/mol. The van der Waals surface area contributed by atoms with E-state index in [1.807, 2.05) is 6.07 Å². The summed E-state index contributed by atoms with van der Waals surface area (Å²) < 4.78 is 0. The molecule has 1 fully saturated rings. The van der Waals surface area contributed by atoms with Crippen molar-refractivity contribution >= 4 is 5.69 Å². The second-order valence-corrected chi connectivity index (χ2v) is 4.29. The molecular weight excluding hydrogens is 172 g/mol. The molecule has 0 aliphatic heterocycles. The van der Waals surface area contributed by atoms with E-state index in [9.17, 15) is 0 Å². The number of pyridine rings is 1. The molecule has 2 rings (SSSR count). The molecule has 14 heavy (non-hydrogen) atoms. The minimum absolute atomic E-state index is 0.761. The molecule has 0 aromatic carbocycles. The van der Waals surface area contributed by atoms with E-state index in [0.717, 1.165) is 18.0 Å². The summed E-state index contributed by atoms with van der Waals surface area (Å²) in [6.07, 6.45) is 9.89. The number of nitrogen functional groups attached to an aromatic ring is 1. The van der Waals surface area contributed by atoms with E-state index in [1.165, 1.54) is 37.8 Å². The molecule has 1 aromatic heterocycles. The van der Waals surface area contributed by atoms with E-state index in [2.05, 4.69) is 11.1 Å². The fraction of sp³-hybridized carbons (Fsp3) is 0.583. The summed E-state index contributed by atoms with van der Waals surface area (Å²) in [6, 6.07) is 4.01. The molecule has 76 valence electrons. The third-order valence-corrected chi connectivity index (χ3v) is 3.07. The Kier molecular flexibility index (Phi) is 3.02. The Balaban J connectivity index is 1.92. The summed E-state index contributed by atoms with van der Waals surface area (Å²) in [5, 5.41) is 0. The maximum Gasteiger partial charge on any atom is 0.0501 e. The van der Waals surface area contributed by atoms with Crippen LogP contribution in [0.4, 0.5) is 5.69 Å². The van der Waals surface area contributed by atoms with Crippen LogP contribution in [0.15, 0.2) is 18.3 Å². The first kappa shape index (κ1) is 9.50. The summed E-state index contributed by atoms with van der Waals surface area (Å²) in [7, 11) is 0. The number of hydrogen-bond donors (Lipinski definition) is 1. The summed E-state index contributed by atoms with van der Waals surface area (Å²) in [5.41, 5.74) is 7.56. The zero-order chi connectivity index (χ0) is 9.80. The van der Waals surface area contributed by atoms with Gasteiger partial charge in [0.2, 0.25) is 0 Å². The molecule has 0 unspecified atom stereocenters. The van der Waals surface area contributed by atoms with Gasteiger partial charge < -0.3 is 5.73 Å². The minimum atomic E-state index is 0.761. The van der Waals surface area contributed by atoms with Crippen LogP contribution in [-0.2, 0) is 6.42 Å². The van der Waals surface area contributed by atoms with Crippen LogP contribution in [0.1, 0.15) is 37.8 Å². The highest BCUT2D eigenvalue weighted by molar-refractivity contribution is 5.34. The molecule has 0 saturated heterocycles. The predicted octanol–water partition coefficient (Wildman–Crippen LogP) is 2.79. The Bertz CT molecular complexity index is 273. The van der Waals surface area contributed by atoms with Crippen molar-refractivity contribution in [3.8, 4) is 0 Å². The van der Waals surface area contributed by atoms with Crippen LogP contribution in [0, 0.1) is 5.92 Å². The average Bonchev–Trinajstić information content (AvgIpc) is 2.23. The van der Waals surface area contributed by atoms with Crippen molar-refractivity contribution in [1.82, 2.24) is 4.98 Å². The van der Waals surface area contributed by atoms with Gasteiger partial charge in [-0.25, -0.2) is 0 Å². The highest BCUT2D eigenvalue weighted by Gasteiger charge is 2.14. The molecule has 0 atom stereocenters. The van der Waals surface area contributed by atoms with E-state index in [0.29, 0.717) is 0 Å². The third-order valence-electron chi connectivity index (χ3n) is 3.07. The van der Waals surface area contributed by atoms with Gasteiger partial charge in [-0.05, 0) is 24.5 Å². The van der Waals surface area contributed by atoms with Gasteiger partial charge in [-0.1, -0.05) is 32.1 Å². The molecule has 0 spiro atoms. The number of nitrogens with two attached hydrogens (primary N) is 1. The van der Waals surface area contributed by atoms with Crippen molar-refractivity contribution in [2.24, 2.45) is 5.92 Å². The fourth-order valence-electron chi connectivity index (χ4n) is 2.24. The van der Waals surface area contributed by atoms with Crippen molar-refractivity contribution < 1.29 is 0 Å². The van der Waals surface area contributed by atoms with Crippen LogP contribution >= 0.6 is 0 Å². The first-order chi connectivity index (χ1) is 6.84. The van der Waals surface area contributed by atoms with E-state index >= 15 is 0 Å². The lowest BCUT2D eigenvalue weighted by molar-refractivity contribution is 0.354. The van der Waals surface area contributed by atoms with E-state index in [-0.39, 0.29) is 0 Å². The molecule has 1 aromatic rings. The lowest BCUT2D eigenvalue weighted by atomic mass is 9.86. The van der Waals surface area contributed by atoms with Crippen LogP contribution in [0.5, 0.6) is 0 Å². The zero-order valence-corrected chi connectivity index (χ0v) is 8.58. The molecule has 1 aliphatic carbocycles. The Morgan fingerprint density at radius 3 is 2.64 bits per heavy atom. The predicted molar refractivity (Wildman–Crippen MR) is 58.9 cm³/mol. The van der Waals surface area contributed by atoms with Gasteiger partial charge in [0.1, 0.15) is 0 Å². The number of rotatable bonds is 2. The smallest absolute Gasteiger partial charge is 0.0501 e. The van der Waals surface area contributed by atoms with E-state index in [4.69, 9.17) is 5.73 Å². The van der Waals surface area contributed by atoms with Crippen LogP contribution in [-0.4, -0.2) is 4.98 Å². The molecule has 0 radical (unpaired) electrons. The molecular formula is C12H18N2. The van der Waals surface area contributed by atoms with Gasteiger partial charge in [-0.3, -0.25) is 4.98 Å². The molecule has 2 nitrogen and oxygen atoms in total. The largest absolute Gasteiger partial charge is 0.397 e. The summed E-state index contributed by atoms with van der Waals surface area (Å²) >= 11 is 0. The van der Waals surface area contributed by atoms with Crippen LogP contribution < -0.4 is 5.73 Å². The first-order valence-corrected chi connectivity index (χ1v) is 5.55. The third kappa shape index (κ3) is 2.47. The van der Waals surface area contributed by atoms with Gasteiger partial charge in [-0.2, -0.15) is 0 Å². The highest BCUT2D eigenvalue weighted by Crippen LogP contribution is 2.26.